The van der Waals surface area contributed by atoms with Gasteiger partial charge in [-0.1, -0.05) is 35.9 Å². The minimum Gasteiger partial charge on any atom is -0.496 e. The molecular weight excluding hydrogens is 404 g/mol. The third-order valence-corrected chi connectivity index (χ3v) is 4.92. The quantitative estimate of drug-likeness (QED) is 0.419. The Morgan fingerprint density at radius 1 is 1.10 bits per heavy atom. The molecular formula is C21H21ClN6O2. The molecule has 8 nitrogen and oxygen atoms in total. The van der Waals surface area contributed by atoms with E-state index in [-0.39, 0.29) is 5.56 Å². The first-order valence-electron chi connectivity index (χ1n) is 9.38. The van der Waals surface area contributed by atoms with Crippen molar-refractivity contribution < 1.29 is 4.74 Å². The second-order valence-electron chi connectivity index (χ2n) is 6.77. The summed E-state index contributed by atoms with van der Waals surface area (Å²) in [6.07, 6.45) is 0. The molecule has 30 heavy (non-hydrogen) atoms. The molecule has 3 N–H and O–H groups in total. The molecule has 0 saturated heterocycles. The summed E-state index contributed by atoms with van der Waals surface area (Å²) in [4.78, 5) is 21.3. The first-order chi connectivity index (χ1) is 14.5. The van der Waals surface area contributed by atoms with Gasteiger partial charge in [-0.05, 0) is 30.7 Å². The van der Waals surface area contributed by atoms with Crippen molar-refractivity contribution in [2.45, 2.75) is 20.0 Å². The van der Waals surface area contributed by atoms with E-state index in [9.17, 15) is 4.79 Å². The Labute approximate surface area is 177 Å². The van der Waals surface area contributed by atoms with Crippen LogP contribution >= 0.6 is 11.6 Å². The van der Waals surface area contributed by atoms with E-state index in [2.05, 4.69) is 25.7 Å². The van der Waals surface area contributed by atoms with Gasteiger partial charge in [-0.15, -0.1) is 0 Å². The summed E-state index contributed by atoms with van der Waals surface area (Å²) in [6.45, 7) is 2.85. The van der Waals surface area contributed by atoms with Gasteiger partial charge in [-0.2, -0.15) is 9.50 Å². The number of nitrogens with zero attached hydrogens (tertiary/aromatic N) is 3. The lowest BCUT2D eigenvalue weighted by Crippen LogP contribution is -2.17. The zero-order chi connectivity index (χ0) is 21.1. The minimum absolute atomic E-state index is 0.238. The molecule has 0 aliphatic heterocycles. The van der Waals surface area contributed by atoms with Gasteiger partial charge < -0.3 is 15.4 Å². The molecule has 0 radical (unpaired) electrons. The van der Waals surface area contributed by atoms with Gasteiger partial charge in [0.25, 0.3) is 11.3 Å². The van der Waals surface area contributed by atoms with Crippen LogP contribution < -0.4 is 20.9 Å². The van der Waals surface area contributed by atoms with Gasteiger partial charge in [-0.25, -0.2) is 4.98 Å². The lowest BCUT2D eigenvalue weighted by molar-refractivity contribution is 0.410. The molecule has 2 aromatic carbocycles. The van der Waals surface area contributed by atoms with E-state index in [1.807, 2.05) is 49.4 Å². The molecule has 0 unspecified atom stereocenters. The third-order valence-electron chi connectivity index (χ3n) is 4.68. The average molecular weight is 425 g/mol. The smallest absolute Gasteiger partial charge is 0.274 e. The second kappa shape index (κ2) is 8.46. The lowest BCUT2D eigenvalue weighted by Gasteiger charge is -2.09. The van der Waals surface area contributed by atoms with E-state index in [1.165, 1.54) is 10.6 Å². The molecule has 0 spiro atoms. The summed E-state index contributed by atoms with van der Waals surface area (Å²) in [5.41, 5.74) is 3.27. The van der Waals surface area contributed by atoms with Crippen molar-refractivity contribution in [1.82, 2.24) is 19.6 Å². The van der Waals surface area contributed by atoms with Crippen molar-refractivity contribution in [3.63, 3.8) is 0 Å². The standard InChI is InChI=1S/C21H21ClN6O2/c1-13-7-8-15(22)9-17(13)23-12-16-10-19(29)28-21(25-16)26-20(27-28)24-11-14-5-3-4-6-18(14)30-2/h3-10,23H,11-12H2,1-2H3,(H2,24,25,26,27). The average Bonchev–Trinajstić information content (AvgIpc) is 3.17. The summed E-state index contributed by atoms with van der Waals surface area (Å²) in [7, 11) is 1.63. The summed E-state index contributed by atoms with van der Waals surface area (Å²) >= 11 is 6.06. The van der Waals surface area contributed by atoms with E-state index in [0.717, 1.165) is 22.6 Å². The van der Waals surface area contributed by atoms with E-state index in [1.54, 1.807) is 7.11 Å². The zero-order valence-electron chi connectivity index (χ0n) is 16.6. The number of nitrogens with one attached hydrogen (secondary N) is 3. The van der Waals surface area contributed by atoms with Gasteiger partial charge in [0.05, 0.1) is 19.3 Å². The SMILES string of the molecule is COc1ccccc1CNc1nc2nc(CNc3cc(Cl)ccc3C)cc(=O)n2[nH]1. The number of hydrogen-bond acceptors (Lipinski definition) is 6. The maximum Gasteiger partial charge on any atom is 0.274 e. The molecule has 154 valence electrons. The molecule has 0 aliphatic rings. The number of H-pyrrole nitrogens is 1. The minimum atomic E-state index is -0.238. The summed E-state index contributed by atoms with van der Waals surface area (Å²) < 4.78 is 6.66. The summed E-state index contributed by atoms with van der Waals surface area (Å²) in [5, 5.41) is 10.0. The van der Waals surface area contributed by atoms with E-state index in [0.29, 0.717) is 35.5 Å². The van der Waals surface area contributed by atoms with Gasteiger partial charge >= 0.3 is 0 Å². The largest absolute Gasteiger partial charge is 0.496 e. The number of ether oxygens (including phenoxy) is 1. The lowest BCUT2D eigenvalue weighted by atomic mass is 10.2. The molecule has 0 aliphatic carbocycles. The van der Waals surface area contributed by atoms with Crippen molar-refractivity contribution in [3.05, 3.63) is 80.7 Å². The molecule has 0 saturated carbocycles. The Balaban J connectivity index is 1.51. The van der Waals surface area contributed by atoms with Crippen molar-refractivity contribution in [2.24, 2.45) is 0 Å². The molecule has 4 rings (SSSR count). The Bertz CT molecular complexity index is 1250. The van der Waals surface area contributed by atoms with E-state index >= 15 is 0 Å². The molecule has 2 heterocycles. The number of methoxy groups -OCH3 is 1. The van der Waals surface area contributed by atoms with Crippen molar-refractivity contribution in [2.75, 3.05) is 17.7 Å². The number of aryl methyl sites for hydroxylation is 1. The number of aromatic nitrogens is 4. The fourth-order valence-electron chi connectivity index (χ4n) is 3.10. The third kappa shape index (κ3) is 4.23. The predicted molar refractivity (Wildman–Crippen MR) is 117 cm³/mol. The monoisotopic (exact) mass is 424 g/mol. The number of aromatic amines is 1. The molecule has 4 aromatic rings. The van der Waals surface area contributed by atoms with Crippen LogP contribution in [0, 0.1) is 6.92 Å². The van der Waals surface area contributed by atoms with Crippen LogP contribution in [0.5, 0.6) is 5.75 Å². The van der Waals surface area contributed by atoms with Crippen LogP contribution in [0.15, 0.2) is 53.3 Å². The topological polar surface area (TPSA) is 96.3 Å². The van der Waals surface area contributed by atoms with Gasteiger partial charge in [0.15, 0.2) is 0 Å². The number of para-hydroxylation sites is 1. The number of hydrogen-bond donors (Lipinski definition) is 3. The molecule has 2 aromatic heterocycles. The van der Waals surface area contributed by atoms with Crippen LogP contribution in [0.4, 0.5) is 11.6 Å². The Kier molecular flexibility index (Phi) is 5.58. The number of rotatable bonds is 7. The summed E-state index contributed by atoms with van der Waals surface area (Å²) in [5.74, 6) is 1.52. The first kappa shape index (κ1) is 19.8. The van der Waals surface area contributed by atoms with Gasteiger partial charge in [0.2, 0.25) is 5.95 Å². The van der Waals surface area contributed by atoms with Gasteiger partial charge in [-0.3, -0.25) is 9.89 Å². The highest BCUT2D eigenvalue weighted by Gasteiger charge is 2.10. The first-order valence-corrected chi connectivity index (χ1v) is 9.76. The fraction of sp³-hybridized carbons (Fsp3) is 0.190. The van der Waals surface area contributed by atoms with Gasteiger partial charge in [0, 0.05) is 28.9 Å². The molecule has 9 heteroatoms. The van der Waals surface area contributed by atoms with Crippen LogP contribution in [-0.4, -0.2) is 26.7 Å². The highest BCUT2D eigenvalue weighted by Crippen LogP contribution is 2.21. The summed E-state index contributed by atoms with van der Waals surface area (Å²) in [6, 6.07) is 14.8. The maximum absolute atomic E-state index is 12.5. The zero-order valence-corrected chi connectivity index (χ0v) is 17.3. The Morgan fingerprint density at radius 2 is 1.93 bits per heavy atom. The Morgan fingerprint density at radius 3 is 2.77 bits per heavy atom. The van der Waals surface area contributed by atoms with Crippen molar-refractivity contribution in [3.8, 4) is 5.75 Å². The van der Waals surface area contributed by atoms with Crippen LogP contribution in [0.2, 0.25) is 5.02 Å². The van der Waals surface area contributed by atoms with Crippen molar-refractivity contribution >= 4 is 29.0 Å². The molecule has 0 fully saturated rings. The van der Waals surface area contributed by atoms with E-state index in [4.69, 9.17) is 16.3 Å². The van der Waals surface area contributed by atoms with Crippen LogP contribution in [0.3, 0.4) is 0 Å². The highest BCUT2D eigenvalue weighted by molar-refractivity contribution is 6.30. The second-order valence-corrected chi connectivity index (χ2v) is 7.21. The normalized spacial score (nSPS) is 10.9. The molecule has 0 bridgehead atoms. The van der Waals surface area contributed by atoms with Crippen LogP contribution in [0.1, 0.15) is 16.8 Å². The van der Waals surface area contributed by atoms with Gasteiger partial charge in [0.1, 0.15) is 5.75 Å². The fourth-order valence-corrected chi connectivity index (χ4v) is 3.27. The maximum atomic E-state index is 12.5. The Hall–Kier alpha value is -3.52. The number of fused-ring (bicyclic) bond motifs is 1. The number of halogens is 1. The number of benzene rings is 2. The van der Waals surface area contributed by atoms with E-state index < -0.39 is 0 Å². The highest BCUT2D eigenvalue weighted by atomic mass is 35.5. The van der Waals surface area contributed by atoms with Crippen molar-refractivity contribution in [1.29, 1.82) is 0 Å². The number of anilines is 2. The molecule has 0 amide bonds. The molecule has 0 atom stereocenters. The van der Waals surface area contributed by atoms with Crippen LogP contribution in [0.25, 0.3) is 5.78 Å². The predicted octanol–water partition coefficient (Wildman–Crippen LogP) is 3.61. The van der Waals surface area contributed by atoms with Crippen LogP contribution in [-0.2, 0) is 13.1 Å².